The quantitative estimate of drug-likeness (QED) is 0.722. The van der Waals surface area contributed by atoms with Gasteiger partial charge >= 0.3 is 0 Å². The number of hydrogen-bond acceptors (Lipinski definition) is 3. The maximum atomic E-state index is 11.9. The van der Waals surface area contributed by atoms with Gasteiger partial charge < -0.3 is 10.6 Å². The van der Waals surface area contributed by atoms with E-state index in [2.05, 4.69) is 43.2 Å². The number of amides is 1. The van der Waals surface area contributed by atoms with E-state index < -0.39 is 0 Å². The lowest BCUT2D eigenvalue weighted by atomic mass is 10.2. The minimum atomic E-state index is 0.149. The minimum Gasteiger partial charge on any atom is -0.353 e. The molecule has 4 heteroatoms. The van der Waals surface area contributed by atoms with Crippen LogP contribution in [-0.2, 0) is 4.79 Å². The average Bonchev–Trinajstić information content (AvgIpc) is 2.80. The molecule has 0 aromatic rings. The van der Waals surface area contributed by atoms with Crippen molar-refractivity contribution >= 4 is 5.91 Å². The first-order valence-corrected chi connectivity index (χ1v) is 7.29. The lowest BCUT2D eigenvalue weighted by molar-refractivity contribution is -0.123. The predicted octanol–water partition coefficient (Wildman–Crippen LogP) is 1.36. The third-order valence-electron chi connectivity index (χ3n) is 3.71. The summed E-state index contributed by atoms with van der Waals surface area (Å²) in [6.45, 7) is 11.1. The standard InChI is InChI=1S/C14H29N3O/c1-5-12(4)16-14(18)10-17(11(2)3)9-13-7-6-8-15-13/h11-13,15H,5-10H2,1-4H3,(H,16,18). The Balaban J connectivity index is 2.39. The van der Waals surface area contributed by atoms with Gasteiger partial charge in [0.15, 0.2) is 0 Å². The van der Waals surface area contributed by atoms with Crippen molar-refractivity contribution in [2.45, 2.75) is 65.1 Å². The van der Waals surface area contributed by atoms with E-state index >= 15 is 0 Å². The van der Waals surface area contributed by atoms with Gasteiger partial charge in [0.25, 0.3) is 0 Å². The van der Waals surface area contributed by atoms with Crippen LogP contribution in [0.4, 0.5) is 0 Å². The fourth-order valence-corrected chi connectivity index (χ4v) is 2.26. The molecule has 1 amide bonds. The van der Waals surface area contributed by atoms with Crippen molar-refractivity contribution in [3.63, 3.8) is 0 Å². The lowest BCUT2D eigenvalue weighted by Crippen LogP contribution is -2.47. The summed E-state index contributed by atoms with van der Waals surface area (Å²) in [6, 6.07) is 1.25. The molecule has 0 bridgehead atoms. The van der Waals surface area contributed by atoms with Gasteiger partial charge in [0.2, 0.25) is 5.91 Å². The smallest absolute Gasteiger partial charge is 0.234 e. The normalized spacial score (nSPS) is 21.6. The summed E-state index contributed by atoms with van der Waals surface area (Å²) < 4.78 is 0. The van der Waals surface area contributed by atoms with Crippen molar-refractivity contribution in [1.82, 2.24) is 15.5 Å². The van der Waals surface area contributed by atoms with Gasteiger partial charge in [-0.2, -0.15) is 0 Å². The van der Waals surface area contributed by atoms with E-state index in [1.807, 2.05) is 0 Å². The van der Waals surface area contributed by atoms with E-state index in [1.54, 1.807) is 0 Å². The van der Waals surface area contributed by atoms with Crippen LogP contribution in [0.1, 0.15) is 47.0 Å². The Morgan fingerprint density at radius 1 is 1.44 bits per heavy atom. The minimum absolute atomic E-state index is 0.149. The van der Waals surface area contributed by atoms with E-state index in [0.29, 0.717) is 18.6 Å². The second kappa shape index (κ2) is 7.74. The molecule has 1 heterocycles. The highest BCUT2D eigenvalue weighted by Gasteiger charge is 2.21. The Labute approximate surface area is 111 Å². The van der Waals surface area contributed by atoms with Gasteiger partial charge in [-0.15, -0.1) is 0 Å². The van der Waals surface area contributed by atoms with Crippen LogP contribution in [0.3, 0.4) is 0 Å². The van der Waals surface area contributed by atoms with Crippen LogP contribution in [0.5, 0.6) is 0 Å². The highest BCUT2D eigenvalue weighted by atomic mass is 16.2. The zero-order valence-corrected chi connectivity index (χ0v) is 12.3. The van der Waals surface area contributed by atoms with Gasteiger partial charge in [0.05, 0.1) is 6.54 Å². The van der Waals surface area contributed by atoms with E-state index in [4.69, 9.17) is 0 Å². The van der Waals surface area contributed by atoms with E-state index in [9.17, 15) is 4.79 Å². The van der Waals surface area contributed by atoms with Crippen molar-refractivity contribution < 1.29 is 4.79 Å². The average molecular weight is 255 g/mol. The SMILES string of the molecule is CCC(C)NC(=O)CN(CC1CCCN1)C(C)C. The van der Waals surface area contributed by atoms with Crippen LogP contribution in [0, 0.1) is 0 Å². The number of nitrogens with one attached hydrogen (secondary N) is 2. The van der Waals surface area contributed by atoms with Gasteiger partial charge in [-0.3, -0.25) is 9.69 Å². The van der Waals surface area contributed by atoms with Crippen LogP contribution in [0.2, 0.25) is 0 Å². The Bertz CT molecular complexity index is 249. The van der Waals surface area contributed by atoms with Crippen LogP contribution < -0.4 is 10.6 Å². The monoisotopic (exact) mass is 255 g/mol. The molecule has 1 aliphatic rings. The largest absolute Gasteiger partial charge is 0.353 e. The summed E-state index contributed by atoms with van der Waals surface area (Å²) in [7, 11) is 0. The van der Waals surface area contributed by atoms with Crippen LogP contribution in [0.25, 0.3) is 0 Å². The molecule has 1 fully saturated rings. The molecule has 2 N–H and O–H groups in total. The molecular weight excluding hydrogens is 226 g/mol. The zero-order valence-electron chi connectivity index (χ0n) is 12.3. The fourth-order valence-electron chi connectivity index (χ4n) is 2.26. The summed E-state index contributed by atoms with van der Waals surface area (Å²) >= 11 is 0. The van der Waals surface area contributed by atoms with Crippen molar-refractivity contribution in [3.05, 3.63) is 0 Å². The molecular formula is C14H29N3O. The molecule has 4 nitrogen and oxygen atoms in total. The van der Waals surface area contributed by atoms with E-state index in [-0.39, 0.29) is 11.9 Å². The topological polar surface area (TPSA) is 44.4 Å². The lowest BCUT2D eigenvalue weighted by Gasteiger charge is -2.29. The first-order valence-electron chi connectivity index (χ1n) is 7.29. The van der Waals surface area contributed by atoms with Gasteiger partial charge in [-0.05, 0) is 46.6 Å². The summed E-state index contributed by atoms with van der Waals surface area (Å²) in [5.41, 5.74) is 0. The Morgan fingerprint density at radius 2 is 2.17 bits per heavy atom. The highest BCUT2D eigenvalue weighted by Crippen LogP contribution is 2.09. The first kappa shape index (κ1) is 15.4. The number of nitrogens with zero attached hydrogens (tertiary/aromatic N) is 1. The number of rotatable bonds is 7. The fraction of sp³-hybridized carbons (Fsp3) is 0.929. The molecule has 0 radical (unpaired) electrons. The summed E-state index contributed by atoms with van der Waals surface area (Å²) in [5.74, 6) is 0.149. The van der Waals surface area contributed by atoms with Crippen molar-refractivity contribution in [1.29, 1.82) is 0 Å². The maximum absolute atomic E-state index is 11.9. The molecule has 0 saturated carbocycles. The number of carbonyl (C=O) groups is 1. The van der Waals surface area contributed by atoms with Crippen molar-refractivity contribution in [2.75, 3.05) is 19.6 Å². The third-order valence-corrected chi connectivity index (χ3v) is 3.71. The summed E-state index contributed by atoms with van der Waals surface area (Å²) in [6.07, 6.45) is 3.48. The first-order chi connectivity index (χ1) is 8.52. The molecule has 0 aromatic heterocycles. The third kappa shape index (κ3) is 5.36. The molecule has 0 aliphatic carbocycles. The second-order valence-corrected chi connectivity index (χ2v) is 5.69. The molecule has 0 spiro atoms. The van der Waals surface area contributed by atoms with E-state index in [0.717, 1.165) is 19.5 Å². The van der Waals surface area contributed by atoms with E-state index in [1.165, 1.54) is 12.8 Å². The molecule has 2 unspecified atom stereocenters. The van der Waals surface area contributed by atoms with Gasteiger partial charge in [-0.1, -0.05) is 6.92 Å². The number of hydrogen-bond donors (Lipinski definition) is 2. The summed E-state index contributed by atoms with van der Waals surface area (Å²) in [4.78, 5) is 14.2. The zero-order chi connectivity index (χ0) is 13.5. The molecule has 106 valence electrons. The van der Waals surface area contributed by atoms with Crippen LogP contribution in [-0.4, -0.2) is 48.6 Å². The van der Waals surface area contributed by atoms with Crippen LogP contribution in [0.15, 0.2) is 0 Å². The van der Waals surface area contributed by atoms with Gasteiger partial charge in [0, 0.05) is 24.7 Å². The maximum Gasteiger partial charge on any atom is 0.234 e. The molecule has 1 saturated heterocycles. The highest BCUT2D eigenvalue weighted by molar-refractivity contribution is 5.78. The molecule has 1 aliphatic heterocycles. The summed E-state index contributed by atoms with van der Waals surface area (Å²) in [5, 5.41) is 6.53. The van der Waals surface area contributed by atoms with Gasteiger partial charge in [0.1, 0.15) is 0 Å². The van der Waals surface area contributed by atoms with Gasteiger partial charge in [-0.25, -0.2) is 0 Å². The predicted molar refractivity (Wildman–Crippen MR) is 75.6 cm³/mol. The molecule has 1 rings (SSSR count). The molecule has 18 heavy (non-hydrogen) atoms. The van der Waals surface area contributed by atoms with Crippen LogP contribution >= 0.6 is 0 Å². The van der Waals surface area contributed by atoms with Crippen molar-refractivity contribution in [2.24, 2.45) is 0 Å². The Hall–Kier alpha value is -0.610. The second-order valence-electron chi connectivity index (χ2n) is 5.69. The number of carbonyl (C=O) groups excluding carboxylic acids is 1. The molecule has 0 aromatic carbocycles. The Morgan fingerprint density at radius 3 is 2.67 bits per heavy atom. The molecule has 2 atom stereocenters. The Kier molecular flexibility index (Phi) is 6.65. The van der Waals surface area contributed by atoms with Crippen molar-refractivity contribution in [3.8, 4) is 0 Å².